The summed E-state index contributed by atoms with van der Waals surface area (Å²) >= 11 is 2.95. The van der Waals surface area contributed by atoms with E-state index in [1.165, 1.54) is 16.6 Å². The molecule has 3 aromatic rings. The maximum atomic E-state index is 13.8. The number of hydrogen-bond acceptors (Lipinski definition) is 7. The highest BCUT2D eigenvalue weighted by atomic mass is 32.2. The van der Waals surface area contributed by atoms with Gasteiger partial charge in [0.2, 0.25) is 5.91 Å². The number of thiophene rings is 1. The average molecular weight is 472 g/mol. The molecule has 1 aliphatic carbocycles. The van der Waals surface area contributed by atoms with Gasteiger partial charge in [0.1, 0.15) is 10.6 Å². The summed E-state index contributed by atoms with van der Waals surface area (Å²) in [5.74, 6) is 0.935. The van der Waals surface area contributed by atoms with Crippen LogP contribution in [0.15, 0.2) is 34.2 Å². The monoisotopic (exact) mass is 471 g/mol. The Hall–Kier alpha value is -2.36. The summed E-state index contributed by atoms with van der Waals surface area (Å²) in [6.07, 6.45) is 4.18. The molecule has 7 nitrogen and oxygen atoms in total. The van der Waals surface area contributed by atoms with Crippen molar-refractivity contribution in [3.05, 3.63) is 45.1 Å². The minimum atomic E-state index is -0.0658. The predicted molar refractivity (Wildman–Crippen MR) is 127 cm³/mol. The minimum Gasteiger partial charge on any atom is -0.497 e. The minimum absolute atomic E-state index is 0.0373. The molecule has 5 rings (SSSR count). The summed E-state index contributed by atoms with van der Waals surface area (Å²) in [5.41, 5.74) is 1.79. The zero-order valence-corrected chi connectivity index (χ0v) is 19.6. The van der Waals surface area contributed by atoms with Gasteiger partial charge in [0.15, 0.2) is 5.16 Å². The fraction of sp³-hybridized carbons (Fsp3) is 0.435. The van der Waals surface area contributed by atoms with Crippen LogP contribution >= 0.6 is 23.1 Å². The number of rotatable bonds is 5. The van der Waals surface area contributed by atoms with E-state index in [1.54, 1.807) is 23.0 Å². The second kappa shape index (κ2) is 9.25. The zero-order valence-electron chi connectivity index (χ0n) is 18.0. The summed E-state index contributed by atoms with van der Waals surface area (Å²) in [7, 11) is 1.61. The second-order valence-corrected chi connectivity index (χ2v) is 9.94. The molecule has 0 atom stereocenters. The molecule has 1 amide bonds. The van der Waals surface area contributed by atoms with Gasteiger partial charge >= 0.3 is 0 Å². The van der Waals surface area contributed by atoms with Gasteiger partial charge in [-0.05, 0) is 43.4 Å². The van der Waals surface area contributed by atoms with Crippen LogP contribution in [0.25, 0.3) is 15.9 Å². The number of benzene rings is 1. The normalized spacial score (nSPS) is 16.2. The SMILES string of the molecule is COc1cccc(-n2c(SCC(=O)N3CCOCC3)nc3sc4c(c3c2=O)CCCC4)c1. The molecule has 0 N–H and O–H groups in total. The van der Waals surface area contributed by atoms with Crippen molar-refractivity contribution in [2.45, 2.75) is 30.8 Å². The Bertz CT molecular complexity index is 1210. The molecule has 0 spiro atoms. The molecule has 168 valence electrons. The van der Waals surface area contributed by atoms with E-state index >= 15 is 0 Å². The van der Waals surface area contributed by atoms with Crippen molar-refractivity contribution >= 4 is 39.2 Å². The Labute approximate surface area is 194 Å². The third-order valence-corrected chi connectivity index (χ3v) is 8.07. The van der Waals surface area contributed by atoms with Crippen molar-refractivity contribution in [3.8, 4) is 11.4 Å². The van der Waals surface area contributed by atoms with Gasteiger partial charge in [-0.15, -0.1) is 11.3 Å². The number of amides is 1. The first-order valence-electron chi connectivity index (χ1n) is 10.9. The van der Waals surface area contributed by atoms with Gasteiger partial charge in [0.25, 0.3) is 5.56 Å². The van der Waals surface area contributed by atoms with E-state index in [9.17, 15) is 9.59 Å². The van der Waals surface area contributed by atoms with Crippen molar-refractivity contribution in [1.82, 2.24) is 14.5 Å². The molecular formula is C23H25N3O4S2. The van der Waals surface area contributed by atoms with Crippen molar-refractivity contribution in [3.63, 3.8) is 0 Å². The number of morpholine rings is 1. The highest BCUT2D eigenvalue weighted by Crippen LogP contribution is 2.35. The molecule has 1 aromatic carbocycles. The van der Waals surface area contributed by atoms with Crippen molar-refractivity contribution < 1.29 is 14.3 Å². The van der Waals surface area contributed by atoms with Crippen LogP contribution in [0.4, 0.5) is 0 Å². The van der Waals surface area contributed by atoms with Crippen molar-refractivity contribution in [2.75, 3.05) is 39.2 Å². The number of aryl methyl sites for hydroxylation is 2. The molecular weight excluding hydrogens is 446 g/mol. The van der Waals surface area contributed by atoms with Crippen LogP contribution in [0.5, 0.6) is 5.75 Å². The fourth-order valence-corrected chi connectivity index (χ4v) is 6.51. The summed E-state index contributed by atoms with van der Waals surface area (Å²) < 4.78 is 12.4. The molecule has 0 saturated carbocycles. The zero-order chi connectivity index (χ0) is 22.1. The summed E-state index contributed by atoms with van der Waals surface area (Å²) in [6, 6.07) is 7.43. The number of ether oxygens (including phenoxy) is 2. The first kappa shape index (κ1) is 21.5. The highest BCUT2D eigenvalue weighted by Gasteiger charge is 2.24. The van der Waals surface area contributed by atoms with Crippen LogP contribution in [0.2, 0.25) is 0 Å². The highest BCUT2D eigenvalue weighted by molar-refractivity contribution is 7.99. The van der Waals surface area contributed by atoms with Crippen LogP contribution in [0, 0.1) is 0 Å². The smallest absolute Gasteiger partial charge is 0.267 e. The maximum Gasteiger partial charge on any atom is 0.267 e. The van der Waals surface area contributed by atoms with Crippen LogP contribution in [-0.2, 0) is 22.4 Å². The number of carbonyl (C=O) groups is 1. The third-order valence-electron chi connectivity index (χ3n) is 5.96. The van der Waals surface area contributed by atoms with Gasteiger partial charge in [-0.1, -0.05) is 17.8 Å². The molecule has 2 aliphatic rings. The lowest BCUT2D eigenvalue weighted by atomic mass is 9.97. The van der Waals surface area contributed by atoms with Gasteiger partial charge in [-0.2, -0.15) is 0 Å². The molecule has 1 fully saturated rings. The Kier molecular flexibility index (Phi) is 6.21. The van der Waals surface area contributed by atoms with Crippen LogP contribution in [0.3, 0.4) is 0 Å². The van der Waals surface area contributed by atoms with Gasteiger partial charge in [0, 0.05) is 24.0 Å². The molecule has 3 heterocycles. The molecule has 9 heteroatoms. The summed E-state index contributed by atoms with van der Waals surface area (Å²) in [4.78, 5) is 35.3. The Morgan fingerprint density at radius 3 is 2.88 bits per heavy atom. The number of aromatic nitrogens is 2. The number of methoxy groups -OCH3 is 1. The average Bonchev–Trinajstić information content (AvgIpc) is 3.21. The second-order valence-electron chi connectivity index (χ2n) is 7.91. The van der Waals surface area contributed by atoms with Gasteiger partial charge in [-0.3, -0.25) is 14.2 Å². The lowest BCUT2D eigenvalue weighted by Crippen LogP contribution is -2.41. The number of hydrogen-bond donors (Lipinski definition) is 0. The van der Waals surface area contributed by atoms with Crippen LogP contribution in [-0.4, -0.2) is 59.5 Å². The van der Waals surface area contributed by atoms with E-state index in [-0.39, 0.29) is 17.2 Å². The molecule has 0 radical (unpaired) electrons. The van der Waals surface area contributed by atoms with E-state index in [1.807, 2.05) is 29.2 Å². The largest absolute Gasteiger partial charge is 0.497 e. The summed E-state index contributed by atoms with van der Waals surface area (Å²) in [5, 5.41) is 1.27. The Morgan fingerprint density at radius 2 is 2.06 bits per heavy atom. The van der Waals surface area contributed by atoms with Crippen LogP contribution in [0.1, 0.15) is 23.3 Å². The number of nitrogens with zero attached hydrogens (tertiary/aromatic N) is 3. The maximum absolute atomic E-state index is 13.8. The quantitative estimate of drug-likeness (QED) is 0.420. The van der Waals surface area contributed by atoms with E-state index in [2.05, 4.69) is 0 Å². The van der Waals surface area contributed by atoms with Crippen LogP contribution < -0.4 is 10.3 Å². The molecule has 1 saturated heterocycles. The first-order valence-corrected chi connectivity index (χ1v) is 12.7. The topological polar surface area (TPSA) is 73.7 Å². The molecule has 0 bridgehead atoms. The third kappa shape index (κ3) is 4.04. The van der Waals surface area contributed by atoms with Gasteiger partial charge in [-0.25, -0.2) is 4.98 Å². The van der Waals surface area contributed by atoms with E-state index < -0.39 is 0 Å². The van der Waals surface area contributed by atoms with E-state index in [0.29, 0.717) is 42.9 Å². The number of carbonyl (C=O) groups excluding carboxylic acids is 1. The summed E-state index contributed by atoms with van der Waals surface area (Å²) in [6.45, 7) is 2.34. The fourth-order valence-electron chi connectivity index (χ4n) is 4.29. The molecule has 32 heavy (non-hydrogen) atoms. The predicted octanol–water partition coefficient (Wildman–Crippen LogP) is 3.29. The molecule has 0 unspecified atom stereocenters. The van der Waals surface area contributed by atoms with Crippen molar-refractivity contribution in [1.29, 1.82) is 0 Å². The first-order chi connectivity index (χ1) is 15.7. The van der Waals surface area contributed by atoms with Gasteiger partial charge < -0.3 is 14.4 Å². The number of fused-ring (bicyclic) bond motifs is 3. The Morgan fingerprint density at radius 1 is 1.25 bits per heavy atom. The standard InChI is InChI=1S/C23H25N3O4S2/c1-29-16-6-4-5-15(13-16)26-22(28)20-17-7-2-3-8-18(17)32-21(20)24-23(26)31-14-19(27)25-9-11-30-12-10-25/h4-6,13H,2-3,7-12,14H2,1H3. The molecule has 2 aromatic heterocycles. The van der Waals surface area contributed by atoms with Gasteiger partial charge in [0.05, 0.1) is 37.2 Å². The number of thioether (sulfide) groups is 1. The molecule has 1 aliphatic heterocycles. The lowest BCUT2D eigenvalue weighted by molar-refractivity contribution is -0.132. The van der Waals surface area contributed by atoms with E-state index in [4.69, 9.17) is 14.5 Å². The van der Waals surface area contributed by atoms with E-state index in [0.717, 1.165) is 41.5 Å². The lowest BCUT2D eigenvalue weighted by Gasteiger charge is -2.26. The Balaban J connectivity index is 1.58. The van der Waals surface area contributed by atoms with Crippen molar-refractivity contribution in [2.24, 2.45) is 0 Å².